The van der Waals surface area contributed by atoms with Crippen LogP contribution in [0.15, 0.2) is 0 Å². The highest BCUT2D eigenvalue weighted by Gasteiger charge is 2.36. The fourth-order valence-electron chi connectivity index (χ4n) is 3.15. The van der Waals surface area contributed by atoms with Crippen LogP contribution in [0.1, 0.15) is 67.7 Å². The summed E-state index contributed by atoms with van der Waals surface area (Å²) in [7, 11) is 0. The lowest BCUT2D eigenvalue weighted by atomic mass is 9.78. The molecule has 0 aliphatic heterocycles. The number of carbonyl (C=O) groups is 3. The lowest BCUT2D eigenvalue weighted by Crippen LogP contribution is -2.39. The lowest BCUT2D eigenvalue weighted by Gasteiger charge is -2.34. The van der Waals surface area contributed by atoms with Crippen molar-refractivity contribution in [3.63, 3.8) is 0 Å². The van der Waals surface area contributed by atoms with Crippen LogP contribution in [0, 0.1) is 29.6 Å². The summed E-state index contributed by atoms with van der Waals surface area (Å²) in [4.78, 5) is 39.5. The fraction of sp³-hybridized carbons (Fsp3) is 0.850. The van der Waals surface area contributed by atoms with Crippen LogP contribution < -0.4 is 0 Å². The van der Waals surface area contributed by atoms with Crippen LogP contribution in [-0.2, 0) is 24.0 Å². The Balaban J connectivity index is 4.60. The highest BCUT2D eigenvalue weighted by atomic mass is 17.1. The number of carbonyl (C=O) groups excluding carboxylic acids is 3. The molecule has 26 heavy (non-hydrogen) atoms. The third-order valence-corrected chi connectivity index (χ3v) is 5.39. The van der Waals surface area contributed by atoms with Crippen LogP contribution in [0.5, 0.6) is 0 Å². The first kappa shape index (κ1) is 24.7. The first-order chi connectivity index (χ1) is 12.0. The van der Waals surface area contributed by atoms with Gasteiger partial charge in [-0.3, -0.25) is 14.8 Å². The van der Waals surface area contributed by atoms with Crippen molar-refractivity contribution in [3.05, 3.63) is 0 Å². The maximum atomic E-state index is 12.7. The molecule has 0 heterocycles. The Morgan fingerprint density at radius 1 is 1.12 bits per heavy atom. The quantitative estimate of drug-likeness (QED) is 0.173. The molecule has 0 saturated carbocycles. The molecule has 0 bridgehead atoms. The molecule has 1 N–H and O–H groups in total. The van der Waals surface area contributed by atoms with Crippen LogP contribution in [0.4, 0.5) is 0 Å². The predicted octanol–water partition coefficient (Wildman–Crippen LogP) is 3.92. The summed E-state index contributed by atoms with van der Waals surface area (Å²) < 4.78 is 5.11. The van der Waals surface area contributed by atoms with Crippen molar-refractivity contribution in [2.24, 2.45) is 29.6 Å². The SMILES string of the molecule is CC[C@@H](C)[C@@](C)(C[C@@H](C)C(=O)C(C)C[C@@H](C)COC(=O)C(C)C=O)OO. The van der Waals surface area contributed by atoms with E-state index in [9.17, 15) is 19.6 Å². The highest BCUT2D eigenvalue weighted by Crippen LogP contribution is 2.32. The Labute approximate surface area is 157 Å². The normalized spacial score (nSPS) is 19.5. The van der Waals surface area contributed by atoms with Crippen LogP contribution >= 0.6 is 0 Å². The van der Waals surface area contributed by atoms with Gasteiger partial charge in [-0.1, -0.05) is 41.0 Å². The molecule has 0 radical (unpaired) electrons. The topological polar surface area (TPSA) is 89.9 Å². The zero-order valence-corrected chi connectivity index (χ0v) is 17.3. The van der Waals surface area contributed by atoms with Gasteiger partial charge in [0.1, 0.15) is 23.6 Å². The van der Waals surface area contributed by atoms with Gasteiger partial charge in [0.05, 0.1) is 6.61 Å². The van der Waals surface area contributed by atoms with Gasteiger partial charge in [-0.05, 0) is 38.5 Å². The van der Waals surface area contributed by atoms with Gasteiger partial charge in [0, 0.05) is 11.8 Å². The van der Waals surface area contributed by atoms with Crippen molar-refractivity contribution in [1.29, 1.82) is 0 Å². The first-order valence-corrected chi connectivity index (χ1v) is 9.50. The maximum absolute atomic E-state index is 12.7. The summed E-state index contributed by atoms with van der Waals surface area (Å²) >= 11 is 0. The van der Waals surface area contributed by atoms with Crippen molar-refractivity contribution in [2.45, 2.75) is 73.3 Å². The zero-order chi connectivity index (χ0) is 20.5. The van der Waals surface area contributed by atoms with E-state index in [4.69, 9.17) is 9.62 Å². The molecule has 0 aliphatic rings. The van der Waals surface area contributed by atoms with Crippen LogP contribution in [0.2, 0.25) is 0 Å². The average molecular weight is 373 g/mol. The molecule has 6 heteroatoms. The number of Topliss-reactive ketones (excluding diaryl/α,β-unsaturated/α-hetero) is 1. The van der Waals surface area contributed by atoms with E-state index < -0.39 is 17.5 Å². The average Bonchev–Trinajstić information content (AvgIpc) is 2.63. The van der Waals surface area contributed by atoms with Crippen LogP contribution in [0.3, 0.4) is 0 Å². The Hall–Kier alpha value is -1.27. The molecule has 0 amide bonds. The molecular formula is C20H36O6. The zero-order valence-electron chi connectivity index (χ0n) is 17.3. The first-order valence-electron chi connectivity index (χ1n) is 9.50. The minimum atomic E-state index is -0.766. The van der Waals surface area contributed by atoms with Gasteiger partial charge in [0.2, 0.25) is 0 Å². The molecule has 0 rings (SSSR count). The molecule has 0 spiro atoms. The van der Waals surface area contributed by atoms with Gasteiger partial charge in [0.25, 0.3) is 0 Å². The van der Waals surface area contributed by atoms with Crippen molar-refractivity contribution in [3.8, 4) is 0 Å². The van der Waals surface area contributed by atoms with E-state index >= 15 is 0 Å². The van der Waals surface area contributed by atoms with Crippen molar-refractivity contribution >= 4 is 18.0 Å². The molecular weight excluding hydrogens is 336 g/mol. The van der Waals surface area contributed by atoms with Gasteiger partial charge in [-0.15, -0.1) is 0 Å². The van der Waals surface area contributed by atoms with E-state index in [1.807, 2.05) is 41.5 Å². The van der Waals surface area contributed by atoms with Crippen LogP contribution in [0.25, 0.3) is 0 Å². The van der Waals surface area contributed by atoms with Gasteiger partial charge in [0.15, 0.2) is 0 Å². The summed E-state index contributed by atoms with van der Waals surface area (Å²) in [5.74, 6) is -1.50. The number of esters is 1. The maximum Gasteiger partial charge on any atom is 0.315 e. The standard InChI is InChI=1S/C20H36O6/c1-8-17(6)20(7,26-24)10-15(4)18(22)14(3)9-13(2)12-25-19(23)16(5)11-21/h11,13-17,24H,8-10,12H2,1-7H3/t13-,14?,15-,16?,17-,20-/m1/s1. The minimum Gasteiger partial charge on any atom is -0.465 e. The van der Waals surface area contributed by atoms with Gasteiger partial charge >= 0.3 is 5.97 Å². The number of ketones is 1. The Morgan fingerprint density at radius 2 is 1.69 bits per heavy atom. The number of hydrogen-bond acceptors (Lipinski definition) is 6. The van der Waals surface area contributed by atoms with Crippen molar-refractivity contribution in [2.75, 3.05) is 6.61 Å². The van der Waals surface area contributed by atoms with E-state index in [0.717, 1.165) is 6.42 Å². The van der Waals surface area contributed by atoms with Crippen molar-refractivity contribution in [1.82, 2.24) is 0 Å². The Morgan fingerprint density at radius 3 is 2.15 bits per heavy atom. The van der Waals surface area contributed by atoms with Gasteiger partial charge < -0.3 is 9.53 Å². The van der Waals surface area contributed by atoms with E-state index in [2.05, 4.69) is 0 Å². The monoisotopic (exact) mass is 372 g/mol. The molecule has 0 aliphatic carbocycles. The van der Waals surface area contributed by atoms with E-state index in [-0.39, 0.29) is 36.1 Å². The number of ether oxygens (including phenoxy) is 1. The second kappa shape index (κ2) is 11.4. The summed E-state index contributed by atoms with van der Waals surface area (Å²) in [5, 5.41) is 9.30. The van der Waals surface area contributed by atoms with Crippen molar-refractivity contribution < 1.29 is 29.3 Å². The Kier molecular flexibility index (Phi) is 10.9. The van der Waals surface area contributed by atoms with E-state index in [0.29, 0.717) is 19.1 Å². The Bertz CT molecular complexity index is 463. The fourth-order valence-corrected chi connectivity index (χ4v) is 3.15. The van der Waals surface area contributed by atoms with Crippen LogP contribution in [-0.4, -0.2) is 35.5 Å². The molecule has 0 aromatic rings. The third-order valence-electron chi connectivity index (χ3n) is 5.39. The summed E-state index contributed by atoms with van der Waals surface area (Å²) in [6.07, 6.45) is 2.43. The second-order valence-electron chi connectivity index (χ2n) is 8.02. The van der Waals surface area contributed by atoms with E-state index in [1.165, 1.54) is 6.92 Å². The second-order valence-corrected chi connectivity index (χ2v) is 8.02. The molecule has 0 fully saturated rings. The molecule has 0 aromatic heterocycles. The third kappa shape index (κ3) is 7.54. The smallest absolute Gasteiger partial charge is 0.315 e. The number of aldehydes is 1. The predicted molar refractivity (Wildman–Crippen MR) is 99.5 cm³/mol. The molecule has 2 unspecified atom stereocenters. The molecule has 6 nitrogen and oxygen atoms in total. The largest absolute Gasteiger partial charge is 0.465 e. The summed E-state index contributed by atoms with van der Waals surface area (Å²) in [6, 6.07) is 0. The van der Waals surface area contributed by atoms with Gasteiger partial charge in [-0.25, -0.2) is 4.89 Å². The molecule has 0 aromatic carbocycles. The minimum absolute atomic E-state index is 0.0130. The van der Waals surface area contributed by atoms with E-state index in [1.54, 1.807) is 0 Å². The molecule has 0 saturated heterocycles. The molecule has 152 valence electrons. The molecule has 6 atom stereocenters. The van der Waals surface area contributed by atoms with Gasteiger partial charge in [-0.2, -0.15) is 0 Å². The summed E-state index contributed by atoms with van der Waals surface area (Å²) in [5.41, 5.74) is -0.754. The number of hydrogen-bond donors (Lipinski definition) is 1. The highest BCUT2D eigenvalue weighted by molar-refractivity contribution is 5.87. The number of rotatable bonds is 13. The lowest BCUT2D eigenvalue weighted by molar-refractivity contribution is -0.334. The summed E-state index contributed by atoms with van der Waals surface area (Å²) in [6.45, 7) is 13.2.